The van der Waals surface area contributed by atoms with Crippen LogP contribution in [-0.4, -0.2) is 36.0 Å². The van der Waals surface area contributed by atoms with Gasteiger partial charge in [-0.05, 0) is 20.3 Å². The first-order chi connectivity index (χ1) is 6.04. The molecule has 1 rings (SSSR count). The van der Waals surface area contributed by atoms with E-state index in [-0.39, 0.29) is 12.0 Å². The Morgan fingerprint density at radius 3 is 2.23 bits per heavy atom. The lowest BCUT2D eigenvalue weighted by molar-refractivity contribution is -0.282. The molecule has 1 N–H and O–H groups in total. The van der Waals surface area contributed by atoms with Gasteiger partial charge in [0.25, 0.3) is 0 Å². The van der Waals surface area contributed by atoms with E-state index in [9.17, 15) is 0 Å². The van der Waals surface area contributed by atoms with E-state index in [2.05, 4.69) is 15.9 Å². The van der Waals surface area contributed by atoms with Gasteiger partial charge in [0.1, 0.15) is 0 Å². The molecule has 0 radical (unpaired) electrons. The zero-order valence-corrected chi connectivity index (χ0v) is 9.76. The highest BCUT2D eigenvalue weighted by Crippen LogP contribution is 2.33. The van der Waals surface area contributed by atoms with Gasteiger partial charge in [-0.15, -0.1) is 0 Å². The summed E-state index contributed by atoms with van der Waals surface area (Å²) in [6.45, 7) is 5.28. The molecule has 1 aliphatic rings. The van der Waals surface area contributed by atoms with Gasteiger partial charge in [-0.3, -0.25) is 0 Å². The van der Waals surface area contributed by atoms with Crippen molar-refractivity contribution in [3.8, 4) is 0 Å². The molecule has 0 aromatic heterocycles. The van der Waals surface area contributed by atoms with Crippen LogP contribution in [0.1, 0.15) is 20.3 Å². The van der Waals surface area contributed by atoms with Gasteiger partial charge < -0.3 is 14.6 Å². The number of aliphatic hydroxyl groups excluding tert-OH is 1. The van der Waals surface area contributed by atoms with E-state index in [1.807, 2.05) is 13.8 Å². The minimum atomic E-state index is -0.471. The van der Waals surface area contributed by atoms with Crippen LogP contribution < -0.4 is 0 Å². The highest BCUT2D eigenvalue weighted by atomic mass is 79.9. The minimum absolute atomic E-state index is 0.0513. The number of alkyl halides is 1. The van der Waals surface area contributed by atoms with Gasteiger partial charge in [-0.1, -0.05) is 15.9 Å². The zero-order valence-electron chi connectivity index (χ0n) is 8.18. The average Bonchev–Trinajstić information content (AvgIpc) is 2.10. The molecule has 1 fully saturated rings. The summed E-state index contributed by atoms with van der Waals surface area (Å²) in [5, 5.41) is 9.72. The Kier molecular flexibility index (Phi) is 3.74. The Morgan fingerprint density at radius 2 is 1.85 bits per heavy atom. The monoisotopic (exact) mass is 252 g/mol. The third-order valence-corrected chi connectivity index (χ3v) is 3.57. The molecule has 78 valence electrons. The van der Waals surface area contributed by atoms with E-state index >= 15 is 0 Å². The summed E-state index contributed by atoms with van der Waals surface area (Å²) < 4.78 is 11.1. The smallest absolute Gasteiger partial charge is 0.162 e. The highest BCUT2D eigenvalue weighted by Gasteiger charge is 2.38. The summed E-state index contributed by atoms with van der Waals surface area (Å²) in [6.07, 6.45) is 0.717. The van der Waals surface area contributed by atoms with Crippen LogP contribution >= 0.6 is 15.9 Å². The van der Waals surface area contributed by atoms with Gasteiger partial charge in [-0.25, -0.2) is 0 Å². The first-order valence-electron chi connectivity index (χ1n) is 4.48. The molecule has 0 aromatic carbocycles. The molecule has 0 atom stereocenters. The maximum Gasteiger partial charge on any atom is 0.162 e. The normalized spacial score (nSPS) is 25.8. The van der Waals surface area contributed by atoms with Crippen LogP contribution in [0, 0.1) is 5.41 Å². The molecular formula is C9H17BrO3. The summed E-state index contributed by atoms with van der Waals surface area (Å²) in [6, 6.07) is 0. The first-order valence-corrected chi connectivity index (χ1v) is 5.60. The quantitative estimate of drug-likeness (QED) is 0.775. The molecule has 0 bridgehead atoms. The van der Waals surface area contributed by atoms with Gasteiger partial charge in [-0.2, -0.15) is 0 Å². The van der Waals surface area contributed by atoms with Crippen molar-refractivity contribution in [1.29, 1.82) is 0 Å². The van der Waals surface area contributed by atoms with E-state index in [0.717, 1.165) is 5.33 Å². The predicted molar refractivity (Wildman–Crippen MR) is 53.9 cm³/mol. The molecule has 0 saturated carbocycles. The summed E-state index contributed by atoms with van der Waals surface area (Å²) in [7, 11) is 0. The third kappa shape index (κ3) is 2.91. The summed E-state index contributed by atoms with van der Waals surface area (Å²) in [5.41, 5.74) is -0.0513. The van der Waals surface area contributed by atoms with Crippen LogP contribution in [0.15, 0.2) is 0 Å². The number of halogens is 1. The number of hydrogen-bond acceptors (Lipinski definition) is 3. The Balaban J connectivity index is 2.52. The number of hydrogen-bond donors (Lipinski definition) is 1. The maximum atomic E-state index is 8.91. The molecule has 13 heavy (non-hydrogen) atoms. The van der Waals surface area contributed by atoms with Crippen molar-refractivity contribution in [1.82, 2.24) is 0 Å². The maximum absolute atomic E-state index is 8.91. The van der Waals surface area contributed by atoms with Crippen LogP contribution in [0.3, 0.4) is 0 Å². The lowest BCUT2D eigenvalue weighted by atomic mass is 9.88. The summed E-state index contributed by atoms with van der Waals surface area (Å²) in [4.78, 5) is 0. The number of aliphatic hydroxyl groups is 1. The average molecular weight is 253 g/mol. The second-order valence-corrected chi connectivity index (χ2v) is 4.65. The van der Waals surface area contributed by atoms with E-state index < -0.39 is 5.79 Å². The molecule has 0 spiro atoms. The molecule has 0 amide bonds. The van der Waals surface area contributed by atoms with Crippen LogP contribution in [0.5, 0.6) is 0 Å². The van der Waals surface area contributed by atoms with Crippen LogP contribution in [0.4, 0.5) is 0 Å². The SMILES string of the molecule is CC1(C)OCC(CBr)(CCO)CO1. The molecular weight excluding hydrogens is 236 g/mol. The molecule has 0 unspecified atom stereocenters. The highest BCUT2D eigenvalue weighted by molar-refractivity contribution is 9.09. The fraction of sp³-hybridized carbons (Fsp3) is 1.00. The standard InChI is InChI=1S/C9H17BrO3/c1-8(2)12-6-9(5-10,3-4-11)7-13-8/h11H,3-7H2,1-2H3. The van der Waals surface area contributed by atoms with E-state index in [1.54, 1.807) is 0 Å². The van der Waals surface area contributed by atoms with E-state index in [4.69, 9.17) is 14.6 Å². The van der Waals surface area contributed by atoms with Crippen molar-refractivity contribution in [2.75, 3.05) is 25.2 Å². The van der Waals surface area contributed by atoms with Gasteiger partial charge in [0.2, 0.25) is 0 Å². The minimum Gasteiger partial charge on any atom is -0.396 e. The van der Waals surface area contributed by atoms with Crippen molar-refractivity contribution in [2.45, 2.75) is 26.1 Å². The Bertz CT molecular complexity index is 160. The van der Waals surface area contributed by atoms with Gasteiger partial charge in [0.15, 0.2) is 5.79 Å². The number of rotatable bonds is 3. The van der Waals surface area contributed by atoms with Crippen LogP contribution in [0.2, 0.25) is 0 Å². The summed E-state index contributed by atoms with van der Waals surface area (Å²) >= 11 is 3.44. The molecule has 4 heteroatoms. The van der Waals surface area contributed by atoms with Gasteiger partial charge in [0, 0.05) is 17.4 Å². The second kappa shape index (κ2) is 4.26. The van der Waals surface area contributed by atoms with Crippen LogP contribution in [-0.2, 0) is 9.47 Å². The van der Waals surface area contributed by atoms with Crippen molar-refractivity contribution < 1.29 is 14.6 Å². The van der Waals surface area contributed by atoms with Crippen LogP contribution in [0.25, 0.3) is 0 Å². The van der Waals surface area contributed by atoms with Gasteiger partial charge >= 0.3 is 0 Å². The second-order valence-electron chi connectivity index (χ2n) is 4.08. The molecule has 1 saturated heterocycles. The molecule has 0 aliphatic carbocycles. The number of ether oxygens (including phenoxy) is 2. The van der Waals surface area contributed by atoms with E-state index in [1.165, 1.54) is 0 Å². The largest absolute Gasteiger partial charge is 0.396 e. The van der Waals surface area contributed by atoms with Gasteiger partial charge in [0.05, 0.1) is 13.2 Å². The fourth-order valence-corrected chi connectivity index (χ4v) is 1.87. The topological polar surface area (TPSA) is 38.7 Å². The Hall–Kier alpha value is 0.360. The van der Waals surface area contributed by atoms with Crippen molar-refractivity contribution in [2.24, 2.45) is 5.41 Å². The third-order valence-electron chi connectivity index (χ3n) is 2.38. The van der Waals surface area contributed by atoms with E-state index in [0.29, 0.717) is 19.6 Å². The fourth-order valence-electron chi connectivity index (χ4n) is 1.26. The molecule has 1 aliphatic heterocycles. The summed E-state index contributed by atoms with van der Waals surface area (Å²) in [5.74, 6) is -0.471. The van der Waals surface area contributed by atoms with Crippen molar-refractivity contribution in [3.05, 3.63) is 0 Å². The lowest BCUT2D eigenvalue weighted by Crippen LogP contribution is -2.47. The first kappa shape index (κ1) is 11.4. The lowest BCUT2D eigenvalue weighted by Gasteiger charge is -2.42. The molecule has 1 heterocycles. The Labute approximate surface area is 87.5 Å². The van der Waals surface area contributed by atoms with Crippen molar-refractivity contribution in [3.63, 3.8) is 0 Å². The molecule has 0 aromatic rings. The zero-order chi connectivity index (χ0) is 9.95. The Morgan fingerprint density at radius 1 is 1.31 bits per heavy atom. The van der Waals surface area contributed by atoms with Crippen molar-refractivity contribution >= 4 is 15.9 Å². The predicted octanol–water partition coefficient (Wildman–Crippen LogP) is 1.53. The molecule has 3 nitrogen and oxygen atoms in total.